The number of fused-ring (bicyclic) bond motifs is 1. The zero-order chi connectivity index (χ0) is 27.6. The van der Waals surface area contributed by atoms with Crippen LogP contribution >= 0.6 is 0 Å². The van der Waals surface area contributed by atoms with E-state index in [9.17, 15) is 21.6 Å². The molecule has 4 heterocycles. The summed E-state index contributed by atoms with van der Waals surface area (Å²) >= 11 is 0. The molecule has 14 heteroatoms. The molecule has 2 saturated heterocycles. The number of ether oxygens (including phenoxy) is 1. The van der Waals surface area contributed by atoms with Crippen LogP contribution < -0.4 is 10.2 Å². The van der Waals surface area contributed by atoms with Gasteiger partial charge in [0.15, 0.2) is 5.65 Å². The van der Waals surface area contributed by atoms with Crippen LogP contribution in [0.15, 0.2) is 30.5 Å². The molecule has 10 nitrogen and oxygen atoms in total. The summed E-state index contributed by atoms with van der Waals surface area (Å²) in [6.07, 6.45) is -0.782. The highest BCUT2D eigenvalue weighted by Gasteiger charge is 2.45. The second-order valence-electron chi connectivity index (χ2n) is 10.9. The number of morpholine rings is 1. The van der Waals surface area contributed by atoms with Crippen LogP contribution in [0.3, 0.4) is 0 Å². The van der Waals surface area contributed by atoms with Crippen molar-refractivity contribution in [1.29, 1.82) is 0 Å². The molecular weight excluding hydrogens is 535 g/mol. The van der Waals surface area contributed by atoms with Gasteiger partial charge < -0.3 is 15.0 Å². The second-order valence-corrected chi connectivity index (χ2v) is 13.3. The van der Waals surface area contributed by atoms with Gasteiger partial charge in [0.25, 0.3) is 0 Å². The van der Waals surface area contributed by atoms with E-state index in [2.05, 4.69) is 32.1 Å². The summed E-state index contributed by atoms with van der Waals surface area (Å²) in [6, 6.07) is 4.84. The van der Waals surface area contributed by atoms with Crippen LogP contribution in [0.5, 0.6) is 0 Å². The van der Waals surface area contributed by atoms with Gasteiger partial charge in [-0.05, 0) is 38.0 Å². The Morgan fingerprint density at radius 2 is 1.85 bits per heavy atom. The van der Waals surface area contributed by atoms with Gasteiger partial charge in [0, 0.05) is 38.5 Å². The predicted octanol–water partition coefficient (Wildman–Crippen LogP) is 2.73. The maximum absolute atomic E-state index is 13.4. The molecule has 1 saturated carbocycles. The zero-order valence-electron chi connectivity index (χ0n) is 21.6. The first-order chi connectivity index (χ1) is 18.4. The third-order valence-electron chi connectivity index (χ3n) is 8.00. The van der Waals surface area contributed by atoms with Crippen LogP contribution in [-0.2, 0) is 20.8 Å². The van der Waals surface area contributed by atoms with Crippen LogP contribution in [0.2, 0.25) is 0 Å². The highest BCUT2D eigenvalue weighted by molar-refractivity contribution is 7.91. The summed E-state index contributed by atoms with van der Waals surface area (Å²) in [7, 11) is -3.12. The van der Waals surface area contributed by atoms with E-state index in [-0.39, 0.29) is 17.3 Å². The fourth-order valence-corrected chi connectivity index (χ4v) is 6.81. The van der Waals surface area contributed by atoms with Gasteiger partial charge in [-0.25, -0.2) is 13.1 Å². The molecule has 0 unspecified atom stereocenters. The van der Waals surface area contributed by atoms with Gasteiger partial charge in [0.1, 0.15) is 15.7 Å². The second kappa shape index (κ2) is 9.30. The molecule has 0 radical (unpaired) electrons. The summed E-state index contributed by atoms with van der Waals surface area (Å²) in [6.45, 7) is 6.74. The summed E-state index contributed by atoms with van der Waals surface area (Å²) in [4.78, 5) is 14.0. The minimum absolute atomic E-state index is 0.0532. The fourth-order valence-electron chi connectivity index (χ4n) is 5.65. The molecule has 0 atom stereocenters. The SMILES string of the molecule is CC1(N2CCOCC2)CN(c2nc(NC3CC(S(C)(=O)=O)C3)nc3c2cnn3-c2cccc(C(F)(F)F)c2)C1. The van der Waals surface area contributed by atoms with E-state index in [1.165, 1.54) is 17.0 Å². The number of sulfone groups is 1. The van der Waals surface area contributed by atoms with Gasteiger partial charge in [-0.15, -0.1) is 0 Å². The number of alkyl halides is 3. The highest BCUT2D eigenvalue weighted by Crippen LogP contribution is 2.37. The Hall–Kier alpha value is -2.97. The van der Waals surface area contributed by atoms with E-state index in [1.807, 2.05) is 0 Å². The summed E-state index contributed by atoms with van der Waals surface area (Å²) in [5, 5.41) is 7.87. The fraction of sp³-hybridized carbons (Fsp3) is 0.560. The lowest BCUT2D eigenvalue weighted by molar-refractivity contribution is -0.137. The lowest BCUT2D eigenvalue weighted by Crippen LogP contribution is -2.70. The molecule has 39 heavy (non-hydrogen) atoms. The summed E-state index contributed by atoms with van der Waals surface area (Å²) in [5.41, 5.74) is -0.220. The predicted molar refractivity (Wildman–Crippen MR) is 140 cm³/mol. The van der Waals surface area contributed by atoms with Crippen LogP contribution in [0.1, 0.15) is 25.3 Å². The Kier molecular flexibility index (Phi) is 6.27. The molecule has 3 aliphatic rings. The van der Waals surface area contributed by atoms with E-state index in [0.29, 0.717) is 61.9 Å². The molecule has 210 valence electrons. The van der Waals surface area contributed by atoms with Crippen molar-refractivity contribution in [1.82, 2.24) is 24.6 Å². The minimum Gasteiger partial charge on any atom is -0.379 e. The molecule has 6 rings (SSSR count). The standard InChI is InChI=1S/C25H30F3N7O3S/c1-24(34-6-8-38-9-7-34)14-33(15-24)21-20-13-29-35(18-5-3-4-16(10-18)25(26,27)28)22(20)32-23(31-21)30-17-11-19(12-17)39(2,36)37/h3-5,10,13,17,19H,6-9,11-12,14-15H2,1-2H3,(H,30,31,32). The van der Waals surface area contributed by atoms with Crippen LogP contribution in [0.4, 0.5) is 24.9 Å². The Morgan fingerprint density at radius 1 is 1.13 bits per heavy atom. The molecular formula is C25H30F3N7O3S. The molecule has 0 amide bonds. The number of nitrogens with one attached hydrogen (secondary N) is 1. The average Bonchev–Trinajstić information content (AvgIpc) is 3.27. The molecule has 2 aliphatic heterocycles. The van der Waals surface area contributed by atoms with Crippen molar-refractivity contribution >= 4 is 32.6 Å². The largest absolute Gasteiger partial charge is 0.416 e. The topological polar surface area (TPSA) is 105 Å². The smallest absolute Gasteiger partial charge is 0.379 e. The molecule has 0 bridgehead atoms. The monoisotopic (exact) mass is 565 g/mol. The van der Waals surface area contributed by atoms with Crippen molar-refractivity contribution in [3.05, 3.63) is 36.0 Å². The third kappa shape index (κ3) is 4.93. The number of hydrogen-bond donors (Lipinski definition) is 1. The lowest BCUT2D eigenvalue weighted by Gasteiger charge is -2.55. The van der Waals surface area contributed by atoms with Gasteiger partial charge >= 0.3 is 6.18 Å². The van der Waals surface area contributed by atoms with Crippen molar-refractivity contribution < 1.29 is 26.3 Å². The maximum atomic E-state index is 13.4. The molecule has 1 aliphatic carbocycles. The number of aromatic nitrogens is 4. The average molecular weight is 566 g/mol. The first kappa shape index (κ1) is 26.3. The van der Waals surface area contributed by atoms with Crippen molar-refractivity contribution in [2.75, 3.05) is 55.9 Å². The van der Waals surface area contributed by atoms with E-state index >= 15 is 0 Å². The number of halogens is 3. The van der Waals surface area contributed by atoms with Crippen molar-refractivity contribution in [2.45, 2.75) is 42.8 Å². The van der Waals surface area contributed by atoms with E-state index in [0.717, 1.165) is 25.2 Å². The van der Waals surface area contributed by atoms with Crippen molar-refractivity contribution in [2.24, 2.45) is 0 Å². The maximum Gasteiger partial charge on any atom is 0.416 e. The highest BCUT2D eigenvalue weighted by atomic mass is 32.2. The Bertz CT molecular complexity index is 1490. The number of anilines is 2. The normalized spacial score (nSPS) is 23.9. The number of nitrogens with zero attached hydrogens (tertiary/aromatic N) is 6. The van der Waals surface area contributed by atoms with E-state index in [4.69, 9.17) is 9.72 Å². The van der Waals surface area contributed by atoms with Crippen molar-refractivity contribution in [3.63, 3.8) is 0 Å². The molecule has 3 fully saturated rings. The molecule has 1 N–H and O–H groups in total. The molecule has 3 aromatic rings. The van der Waals surface area contributed by atoms with Gasteiger partial charge in [0.2, 0.25) is 5.95 Å². The first-order valence-corrected chi connectivity index (χ1v) is 14.8. The Balaban J connectivity index is 1.34. The molecule has 2 aromatic heterocycles. The first-order valence-electron chi connectivity index (χ1n) is 12.9. The van der Waals surface area contributed by atoms with Crippen LogP contribution in [-0.4, -0.2) is 95.5 Å². The van der Waals surface area contributed by atoms with Gasteiger partial charge in [-0.2, -0.15) is 28.2 Å². The van der Waals surface area contributed by atoms with E-state index in [1.54, 1.807) is 12.3 Å². The molecule has 0 spiro atoms. The van der Waals surface area contributed by atoms with Gasteiger partial charge in [-0.3, -0.25) is 4.90 Å². The number of hydrogen-bond acceptors (Lipinski definition) is 9. The molecule has 1 aromatic carbocycles. The minimum atomic E-state index is -4.49. The van der Waals surface area contributed by atoms with Crippen molar-refractivity contribution in [3.8, 4) is 5.69 Å². The third-order valence-corrected chi connectivity index (χ3v) is 9.59. The lowest BCUT2D eigenvalue weighted by atomic mass is 9.89. The van der Waals surface area contributed by atoms with Crippen LogP contribution in [0.25, 0.3) is 16.7 Å². The van der Waals surface area contributed by atoms with Crippen LogP contribution in [0, 0.1) is 0 Å². The number of rotatable bonds is 6. The van der Waals surface area contributed by atoms with E-state index < -0.39 is 26.8 Å². The summed E-state index contributed by atoms with van der Waals surface area (Å²) < 4.78 is 70.9. The number of benzene rings is 1. The Labute approximate surface area is 224 Å². The quantitative estimate of drug-likeness (QED) is 0.483. The van der Waals surface area contributed by atoms with Gasteiger partial charge in [-0.1, -0.05) is 6.07 Å². The zero-order valence-corrected chi connectivity index (χ0v) is 22.5. The van der Waals surface area contributed by atoms with Gasteiger partial charge in [0.05, 0.1) is 46.8 Å². The summed E-state index contributed by atoms with van der Waals surface area (Å²) in [5.74, 6) is 0.939. The Morgan fingerprint density at radius 3 is 2.51 bits per heavy atom.